The van der Waals surface area contributed by atoms with E-state index in [-0.39, 0.29) is 0 Å². The first-order valence-corrected chi connectivity index (χ1v) is 7.18. The molecule has 0 aliphatic heterocycles. The molecule has 0 unspecified atom stereocenters. The smallest absolute Gasteiger partial charge is 0.0635 e. The van der Waals surface area contributed by atoms with Crippen LogP contribution in [0.2, 0.25) is 5.02 Å². The zero-order chi connectivity index (χ0) is 12.3. The molecule has 0 aliphatic carbocycles. The number of anilines is 1. The number of benzene rings is 1. The van der Waals surface area contributed by atoms with Crippen LogP contribution in [0.15, 0.2) is 34.1 Å². The summed E-state index contributed by atoms with van der Waals surface area (Å²) < 4.78 is 1.16. The summed E-state index contributed by atoms with van der Waals surface area (Å²) in [6.45, 7) is 1.63. The Balaban J connectivity index is 1.90. The molecule has 1 heterocycles. The van der Waals surface area contributed by atoms with Gasteiger partial charge in [0.2, 0.25) is 0 Å². The number of rotatable bonds is 4. The van der Waals surface area contributed by atoms with Crippen molar-refractivity contribution in [2.75, 3.05) is 5.73 Å². The lowest BCUT2D eigenvalue weighted by Gasteiger charge is -2.06. The first kappa shape index (κ1) is 12.9. The van der Waals surface area contributed by atoms with E-state index in [2.05, 4.69) is 32.7 Å². The first-order chi connectivity index (χ1) is 8.16. The largest absolute Gasteiger partial charge is 0.398 e. The lowest BCUT2D eigenvalue weighted by molar-refractivity contribution is 0.700. The first-order valence-electron chi connectivity index (χ1n) is 5.13. The molecule has 17 heavy (non-hydrogen) atoms. The summed E-state index contributed by atoms with van der Waals surface area (Å²) >= 11 is 11.1. The van der Waals surface area contributed by atoms with Crippen LogP contribution in [0.4, 0.5) is 5.69 Å². The molecule has 2 rings (SSSR count). The molecule has 1 aromatic heterocycles. The number of hydrogen-bond acceptors (Lipinski definition) is 3. The molecule has 0 fully saturated rings. The van der Waals surface area contributed by atoms with E-state index in [4.69, 9.17) is 17.3 Å². The Labute approximate surface area is 118 Å². The van der Waals surface area contributed by atoms with Crippen LogP contribution < -0.4 is 11.1 Å². The third-order valence-electron chi connectivity index (χ3n) is 2.37. The van der Waals surface area contributed by atoms with Gasteiger partial charge in [-0.15, -0.1) is 11.3 Å². The monoisotopic (exact) mass is 330 g/mol. The summed E-state index contributed by atoms with van der Waals surface area (Å²) in [4.78, 5) is 1.30. The van der Waals surface area contributed by atoms with E-state index in [1.54, 1.807) is 11.3 Å². The van der Waals surface area contributed by atoms with Gasteiger partial charge in [0, 0.05) is 22.4 Å². The van der Waals surface area contributed by atoms with Crippen LogP contribution in [-0.4, -0.2) is 0 Å². The number of halogens is 2. The van der Waals surface area contributed by atoms with Gasteiger partial charge in [-0.05, 0) is 45.1 Å². The minimum Gasteiger partial charge on any atom is -0.398 e. The van der Waals surface area contributed by atoms with E-state index in [1.807, 2.05) is 18.2 Å². The fraction of sp³-hybridized carbons (Fsp3) is 0.167. The third kappa shape index (κ3) is 3.45. The van der Waals surface area contributed by atoms with Gasteiger partial charge in [-0.25, -0.2) is 0 Å². The van der Waals surface area contributed by atoms with Gasteiger partial charge in [-0.2, -0.15) is 0 Å². The van der Waals surface area contributed by atoms with Crippen molar-refractivity contribution in [1.82, 2.24) is 5.32 Å². The maximum Gasteiger partial charge on any atom is 0.0635 e. The molecule has 0 aliphatic rings. The van der Waals surface area contributed by atoms with Crippen molar-refractivity contribution in [1.29, 1.82) is 0 Å². The van der Waals surface area contributed by atoms with E-state index >= 15 is 0 Å². The summed E-state index contributed by atoms with van der Waals surface area (Å²) in [7, 11) is 0. The fourth-order valence-electron chi connectivity index (χ4n) is 1.47. The molecule has 0 atom stereocenters. The van der Waals surface area contributed by atoms with Gasteiger partial charge in [-0.3, -0.25) is 0 Å². The van der Waals surface area contributed by atoms with Crippen molar-refractivity contribution in [3.05, 3.63) is 49.6 Å². The highest BCUT2D eigenvalue weighted by Gasteiger charge is 2.01. The Morgan fingerprint density at radius 2 is 2.12 bits per heavy atom. The quantitative estimate of drug-likeness (QED) is 0.830. The van der Waals surface area contributed by atoms with Crippen molar-refractivity contribution in [2.45, 2.75) is 13.1 Å². The Hall–Kier alpha value is -0.550. The SMILES string of the molecule is Nc1cc(CNCc2sccc2Br)ccc1Cl. The van der Waals surface area contributed by atoms with Crippen LogP contribution in [-0.2, 0) is 13.1 Å². The minimum absolute atomic E-state index is 0.606. The summed E-state index contributed by atoms with van der Waals surface area (Å²) in [5.74, 6) is 0. The Bertz CT molecular complexity index is 513. The van der Waals surface area contributed by atoms with Crippen LogP contribution in [0.1, 0.15) is 10.4 Å². The molecule has 1 aromatic carbocycles. The van der Waals surface area contributed by atoms with Crippen molar-refractivity contribution in [3.63, 3.8) is 0 Å². The van der Waals surface area contributed by atoms with E-state index < -0.39 is 0 Å². The second-order valence-corrected chi connectivity index (χ2v) is 5.91. The molecule has 0 spiro atoms. The van der Waals surface area contributed by atoms with E-state index in [0.717, 1.165) is 23.1 Å². The third-order valence-corrected chi connectivity index (χ3v) is 4.64. The van der Waals surface area contributed by atoms with Gasteiger partial charge in [-0.1, -0.05) is 17.7 Å². The molecule has 90 valence electrons. The number of hydrogen-bond donors (Lipinski definition) is 2. The van der Waals surface area contributed by atoms with Gasteiger partial charge in [0.1, 0.15) is 0 Å². The molecule has 0 saturated carbocycles. The van der Waals surface area contributed by atoms with Crippen molar-refractivity contribution >= 4 is 44.6 Å². The maximum atomic E-state index is 5.87. The lowest BCUT2D eigenvalue weighted by Crippen LogP contribution is -2.12. The van der Waals surface area contributed by atoms with E-state index in [9.17, 15) is 0 Å². The average Bonchev–Trinajstić information content (AvgIpc) is 2.70. The van der Waals surface area contributed by atoms with Crippen molar-refractivity contribution in [2.24, 2.45) is 0 Å². The second kappa shape index (κ2) is 5.87. The molecule has 5 heteroatoms. The maximum absolute atomic E-state index is 5.87. The summed E-state index contributed by atoms with van der Waals surface area (Å²) in [6.07, 6.45) is 0. The minimum atomic E-state index is 0.606. The Morgan fingerprint density at radius 1 is 1.29 bits per heavy atom. The predicted molar refractivity (Wildman–Crippen MR) is 78.4 cm³/mol. The molecule has 0 radical (unpaired) electrons. The lowest BCUT2D eigenvalue weighted by atomic mass is 10.2. The van der Waals surface area contributed by atoms with Gasteiger partial charge in [0.05, 0.1) is 10.7 Å². The standard InChI is InChI=1S/C12H12BrClN2S/c13-9-3-4-17-12(9)7-16-6-8-1-2-10(14)11(15)5-8/h1-5,16H,6-7,15H2. The van der Waals surface area contributed by atoms with Crippen molar-refractivity contribution in [3.8, 4) is 0 Å². The molecule has 0 saturated heterocycles. The van der Waals surface area contributed by atoms with E-state index in [1.165, 1.54) is 4.88 Å². The predicted octanol–water partition coefficient (Wildman–Crippen LogP) is 4.04. The number of thiophene rings is 1. The molecule has 0 amide bonds. The zero-order valence-corrected chi connectivity index (χ0v) is 12.2. The molecular formula is C12H12BrClN2S. The van der Waals surface area contributed by atoms with Gasteiger partial charge >= 0.3 is 0 Å². The normalized spacial score (nSPS) is 10.7. The van der Waals surface area contributed by atoms with Crippen LogP contribution in [0.3, 0.4) is 0 Å². The van der Waals surface area contributed by atoms with Gasteiger partial charge in [0.15, 0.2) is 0 Å². The van der Waals surface area contributed by atoms with Gasteiger partial charge < -0.3 is 11.1 Å². The van der Waals surface area contributed by atoms with Crippen LogP contribution in [0.5, 0.6) is 0 Å². The number of nitrogen functional groups attached to an aromatic ring is 1. The van der Waals surface area contributed by atoms with Crippen molar-refractivity contribution < 1.29 is 0 Å². The van der Waals surface area contributed by atoms with Crippen LogP contribution >= 0.6 is 38.9 Å². The second-order valence-electron chi connectivity index (χ2n) is 3.65. The highest BCUT2D eigenvalue weighted by Crippen LogP contribution is 2.23. The zero-order valence-electron chi connectivity index (χ0n) is 9.04. The van der Waals surface area contributed by atoms with E-state index in [0.29, 0.717) is 10.7 Å². The average molecular weight is 332 g/mol. The molecule has 0 bridgehead atoms. The highest BCUT2D eigenvalue weighted by molar-refractivity contribution is 9.10. The van der Waals surface area contributed by atoms with Crippen LogP contribution in [0, 0.1) is 0 Å². The summed E-state index contributed by atoms with van der Waals surface area (Å²) in [6, 6.07) is 7.77. The topological polar surface area (TPSA) is 38.0 Å². The molecule has 3 N–H and O–H groups in total. The fourth-order valence-corrected chi connectivity index (χ4v) is 3.05. The molecule has 2 aromatic rings. The number of nitrogens with one attached hydrogen (secondary N) is 1. The highest BCUT2D eigenvalue weighted by atomic mass is 79.9. The number of nitrogens with two attached hydrogens (primary N) is 1. The molecule has 2 nitrogen and oxygen atoms in total. The molecular weight excluding hydrogens is 320 g/mol. The summed E-state index contributed by atoms with van der Waals surface area (Å²) in [5.41, 5.74) is 7.51. The van der Waals surface area contributed by atoms with Crippen LogP contribution in [0.25, 0.3) is 0 Å². The Kier molecular flexibility index (Phi) is 4.45. The van der Waals surface area contributed by atoms with Gasteiger partial charge in [0.25, 0.3) is 0 Å². The summed E-state index contributed by atoms with van der Waals surface area (Å²) in [5, 5.41) is 6.05. The Morgan fingerprint density at radius 3 is 2.76 bits per heavy atom.